The van der Waals surface area contributed by atoms with Crippen LogP contribution in [0.2, 0.25) is 0 Å². The first-order valence-corrected chi connectivity index (χ1v) is 36.4. The van der Waals surface area contributed by atoms with E-state index in [2.05, 4.69) is 375 Å². The molecule has 19 aromatic rings. The third-order valence-electron chi connectivity index (χ3n) is 24.3. The van der Waals surface area contributed by atoms with Crippen molar-refractivity contribution in [3.63, 3.8) is 0 Å². The van der Waals surface area contributed by atoms with E-state index in [1.807, 2.05) is 0 Å². The first kappa shape index (κ1) is 58.3. The van der Waals surface area contributed by atoms with Crippen LogP contribution in [-0.4, -0.2) is 18.3 Å². The number of aromatic nitrogens is 4. The molecule has 4 heterocycles. The molecule has 0 unspecified atom stereocenters. The molecule has 486 valence electrons. The summed E-state index contributed by atoms with van der Waals surface area (Å²) in [7, 11) is 0. The average molecular weight is 1320 g/mol. The summed E-state index contributed by atoms with van der Waals surface area (Å²) >= 11 is 0. The number of rotatable bonds is 7. The van der Waals surface area contributed by atoms with Gasteiger partial charge < -0.3 is 18.3 Å². The molecule has 0 fully saturated rings. The van der Waals surface area contributed by atoms with Gasteiger partial charge in [-0.1, -0.05) is 230 Å². The molecule has 22 rings (SSSR count). The Balaban J connectivity index is 0.634. The van der Waals surface area contributed by atoms with E-state index >= 15 is 0 Å². The molecular formula is C99H70N4. The highest BCUT2D eigenvalue weighted by molar-refractivity contribution is 6.16. The van der Waals surface area contributed by atoms with Gasteiger partial charge in [0.15, 0.2) is 0 Å². The topological polar surface area (TPSA) is 19.7 Å². The maximum Gasteiger partial charge on any atom is 0.0544 e. The second-order valence-corrected chi connectivity index (χ2v) is 30.8. The molecule has 0 radical (unpaired) electrons. The molecule has 4 nitrogen and oxygen atoms in total. The number of nitrogens with zero attached hydrogens (tertiary/aromatic N) is 4. The second kappa shape index (κ2) is 20.8. The minimum Gasteiger partial charge on any atom is -0.309 e. The highest BCUT2D eigenvalue weighted by atomic mass is 15.0. The number of hydrogen-bond donors (Lipinski definition) is 0. The zero-order valence-corrected chi connectivity index (χ0v) is 58.3. The standard InChI is InChI=1S/C99H70N4/c1-97(2)82-38-15-10-32-69(82)75-53-78-71-34-12-17-41-89(71)101(93(78)56-85(75)97)65-29-20-24-59(48-65)60-25-21-30-66(49-60)102-90-42-18-13-35-72(90)79-54-76-74-52-63(44-46-83(74)98(3,4)86(76)57-94(79)102)68-37-23-39-84-96(68)81-55-80-73-36-14-19-43-91(73)103(95(80)58-87(81)99(84,5)6)67-31-22-26-61(50-67)62-45-47-92-77(51-62)70-33-11-16-40-88(70)100(92)64-27-8-7-9-28-64/h7-58H,1-6H3. The highest BCUT2D eigenvalue weighted by Gasteiger charge is 2.41. The summed E-state index contributed by atoms with van der Waals surface area (Å²) < 4.78 is 9.91. The van der Waals surface area contributed by atoms with Crippen molar-refractivity contribution >= 4 is 87.2 Å². The van der Waals surface area contributed by atoms with Gasteiger partial charge in [0.1, 0.15) is 0 Å². The van der Waals surface area contributed by atoms with Crippen molar-refractivity contribution in [1.29, 1.82) is 0 Å². The minimum absolute atomic E-state index is 0.110. The Morgan fingerprint density at radius 3 is 1.04 bits per heavy atom. The van der Waals surface area contributed by atoms with Crippen molar-refractivity contribution < 1.29 is 0 Å². The molecule has 0 atom stereocenters. The maximum absolute atomic E-state index is 2.53. The van der Waals surface area contributed by atoms with Gasteiger partial charge in [0.25, 0.3) is 0 Å². The zero-order chi connectivity index (χ0) is 68.5. The third kappa shape index (κ3) is 8.01. The van der Waals surface area contributed by atoms with Gasteiger partial charge >= 0.3 is 0 Å². The quantitative estimate of drug-likeness (QED) is 0.152. The molecule has 0 saturated carbocycles. The smallest absolute Gasteiger partial charge is 0.0544 e. The summed E-state index contributed by atoms with van der Waals surface area (Å²) in [6.45, 7) is 14.5. The van der Waals surface area contributed by atoms with Crippen LogP contribution in [0.5, 0.6) is 0 Å². The van der Waals surface area contributed by atoms with E-state index in [-0.39, 0.29) is 16.2 Å². The molecule has 0 amide bonds. The van der Waals surface area contributed by atoms with Gasteiger partial charge in [0.2, 0.25) is 0 Å². The fourth-order valence-electron chi connectivity index (χ4n) is 19.3. The Labute approximate surface area is 597 Å². The van der Waals surface area contributed by atoms with Gasteiger partial charge in [-0.25, -0.2) is 0 Å². The third-order valence-corrected chi connectivity index (χ3v) is 24.3. The molecule has 0 saturated heterocycles. The lowest BCUT2D eigenvalue weighted by Gasteiger charge is -2.23. The summed E-state index contributed by atoms with van der Waals surface area (Å²) in [5.41, 5.74) is 37.1. The van der Waals surface area contributed by atoms with E-state index in [9.17, 15) is 0 Å². The number of fused-ring (bicyclic) bond motifs is 21. The van der Waals surface area contributed by atoms with Crippen LogP contribution in [0.3, 0.4) is 0 Å². The maximum atomic E-state index is 2.53. The van der Waals surface area contributed by atoms with Crippen molar-refractivity contribution in [2.75, 3.05) is 0 Å². The van der Waals surface area contributed by atoms with Crippen LogP contribution < -0.4 is 0 Å². The molecule has 3 aliphatic carbocycles. The Kier molecular flexibility index (Phi) is 11.8. The molecule has 3 aliphatic rings. The van der Waals surface area contributed by atoms with Crippen LogP contribution in [0.4, 0.5) is 0 Å². The molecule has 0 aliphatic heterocycles. The summed E-state index contributed by atoms with van der Waals surface area (Å²) in [5, 5.41) is 10.1. The van der Waals surface area contributed by atoms with E-state index in [1.165, 1.54) is 193 Å². The lowest BCUT2D eigenvalue weighted by molar-refractivity contribution is 0.660. The van der Waals surface area contributed by atoms with Crippen LogP contribution in [0, 0.1) is 0 Å². The molecule has 4 aromatic heterocycles. The Morgan fingerprint density at radius 2 is 0.515 bits per heavy atom. The van der Waals surface area contributed by atoms with E-state index in [4.69, 9.17) is 0 Å². The van der Waals surface area contributed by atoms with E-state index < -0.39 is 0 Å². The number of benzene rings is 15. The Bertz CT molecular complexity index is 6950. The van der Waals surface area contributed by atoms with Gasteiger partial charge in [-0.2, -0.15) is 0 Å². The Morgan fingerprint density at radius 1 is 0.175 bits per heavy atom. The van der Waals surface area contributed by atoms with Crippen LogP contribution in [-0.2, 0) is 16.2 Å². The van der Waals surface area contributed by atoms with Gasteiger partial charge in [-0.15, -0.1) is 0 Å². The van der Waals surface area contributed by atoms with Crippen LogP contribution >= 0.6 is 0 Å². The fourth-order valence-corrected chi connectivity index (χ4v) is 19.3. The fraction of sp³-hybridized carbons (Fsp3) is 0.0909. The lowest BCUT2D eigenvalue weighted by atomic mass is 9.81. The zero-order valence-electron chi connectivity index (χ0n) is 58.3. The first-order valence-electron chi connectivity index (χ1n) is 36.4. The minimum atomic E-state index is -0.263. The monoisotopic (exact) mass is 1310 g/mol. The van der Waals surface area contributed by atoms with Gasteiger partial charge in [0, 0.05) is 82.1 Å². The van der Waals surface area contributed by atoms with E-state index in [0.717, 1.165) is 17.1 Å². The predicted octanol–water partition coefficient (Wildman–Crippen LogP) is 26.0. The predicted molar refractivity (Wildman–Crippen MR) is 433 cm³/mol. The van der Waals surface area contributed by atoms with Crippen molar-refractivity contribution in [1.82, 2.24) is 18.3 Å². The second-order valence-electron chi connectivity index (χ2n) is 30.8. The van der Waals surface area contributed by atoms with Crippen LogP contribution in [0.1, 0.15) is 74.9 Å². The molecule has 4 heteroatoms. The van der Waals surface area contributed by atoms with Crippen molar-refractivity contribution in [3.8, 4) is 89.5 Å². The van der Waals surface area contributed by atoms with Gasteiger partial charge in [-0.05, 0) is 228 Å². The van der Waals surface area contributed by atoms with Crippen molar-refractivity contribution in [2.24, 2.45) is 0 Å². The van der Waals surface area contributed by atoms with Crippen molar-refractivity contribution in [3.05, 3.63) is 349 Å². The lowest BCUT2D eigenvalue weighted by Crippen LogP contribution is -2.15. The summed E-state index contributed by atoms with van der Waals surface area (Å²) in [4.78, 5) is 0. The largest absolute Gasteiger partial charge is 0.309 e. The molecular weight excluding hydrogens is 1250 g/mol. The van der Waals surface area contributed by atoms with E-state index in [0.29, 0.717) is 0 Å². The Hall–Kier alpha value is -12.5. The van der Waals surface area contributed by atoms with Gasteiger partial charge in [-0.3, -0.25) is 0 Å². The highest BCUT2D eigenvalue weighted by Crippen LogP contribution is 2.58. The summed E-state index contributed by atoms with van der Waals surface area (Å²) in [6.07, 6.45) is 0. The molecule has 103 heavy (non-hydrogen) atoms. The summed E-state index contributed by atoms with van der Waals surface area (Å²) in [5.74, 6) is 0. The number of para-hydroxylation sites is 5. The first-order chi connectivity index (χ1) is 50.3. The van der Waals surface area contributed by atoms with Crippen LogP contribution in [0.15, 0.2) is 315 Å². The SMILES string of the molecule is CC1(C)c2ccccc2-c2cc3c4ccccc4n(-c4cccc(-c5cccc(-n6c7ccccc7c7cc8c(cc76)C(C)(C)c6ccc(-c7cccc9c7-c7cc%10c%11ccccc%11n(-c%11cccc(-c%12ccc%13c(c%12)c%12ccccc%12n%13-c%12ccccc%12)c%11)c%10cc7C9(C)C)cc6-8)c5)c4)c3cc21. The van der Waals surface area contributed by atoms with Crippen molar-refractivity contribution in [2.45, 2.75) is 57.8 Å². The van der Waals surface area contributed by atoms with E-state index in [1.54, 1.807) is 0 Å². The normalized spacial score (nSPS) is 14.3. The average Bonchev–Trinajstić information content (AvgIpc) is 1.55. The molecule has 0 spiro atoms. The molecule has 0 bridgehead atoms. The molecule has 15 aromatic carbocycles. The van der Waals surface area contributed by atoms with Gasteiger partial charge in [0.05, 0.1) is 44.1 Å². The molecule has 0 N–H and O–H groups in total. The van der Waals surface area contributed by atoms with Crippen LogP contribution in [0.25, 0.3) is 177 Å². The number of hydrogen-bond acceptors (Lipinski definition) is 0. The summed E-state index contributed by atoms with van der Waals surface area (Å²) in [6, 6.07) is 119.